The van der Waals surface area contributed by atoms with E-state index in [4.69, 9.17) is 5.73 Å². The average Bonchev–Trinajstić information content (AvgIpc) is 2.62. The smallest absolute Gasteiger partial charge is 0.338 e. The van der Waals surface area contributed by atoms with Crippen LogP contribution in [0.2, 0.25) is 0 Å². The lowest BCUT2D eigenvalue weighted by molar-refractivity contribution is -0.136. The zero-order valence-corrected chi connectivity index (χ0v) is 8.74. The summed E-state index contributed by atoms with van der Waals surface area (Å²) in [5.74, 6) is -1.20. The molecule has 0 saturated carbocycles. The number of nitrogens with zero attached hydrogens (tertiary/aromatic N) is 2. The Morgan fingerprint density at radius 3 is 2.06 bits per heavy atom. The zero-order chi connectivity index (χ0) is 12.4. The Kier molecular flexibility index (Phi) is 2.61. The summed E-state index contributed by atoms with van der Waals surface area (Å²) >= 11 is 0. The Morgan fingerprint density at radius 2 is 1.59 bits per heavy atom. The van der Waals surface area contributed by atoms with E-state index in [0.29, 0.717) is 10.7 Å². The molecule has 6 nitrogen and oxygen atoms in total. The van der Waals surface area contributed by atoms with E-state index in [9.17, 15) is 14.4 Å². The van der Waals surface area contributed by atoms with E-state index in [2.05, 4.69) is 0 Å². The van der Waals surface area contributed by atoms with Gasteiger partial charge in [0, 0.05) is 12.2 Å². The molecule has 0 radical (unpaired) electrons. The average molecular weight is 231 g/mol. The highest BCUT2D eigenvalue weighted by molar-refractivity contribution is 6.16. The van der Waals surface area contributed by atoms with Gasteiger partial charge in [-0.3, -0.25) is 9.59 Å². The monoisotopic (exact) mass is 231 g/mol. The molecule has 0 aromatic heterocycles. The molecule has 2 N–H and O–H groups in total. The van der Waals surface area contributed by atoms with Gasteiger partial charge in [0.25, 0.3) is 11.8 Å². The van der Waals surface area contributed by atoms with Crippen molar-refractivity contribution in [3.63, 3.8) is 0 Å². The summed E-state index contributed by atoms with van der Waals surface area (Å²) in [5, 5.41) is 1.53. The molecule has 1 aromatic rings. The summed E-state index contributed by atoms with van der Waals surface area (Å²) in [6.07, 6.45) is 2.17. The van der Waals surface area contributed by atoms with E-state index in [1.807, 2.05) is 0 Å². The van der Waals surface area contributed by atoms with Crippen molar-refractivity contribution in [2.45, 2.75) is 0 Å². The van der Waals surface area contributed by atoms with Crippen molar-refractivity contribution < 1.29 is 14.4 Å². The fraction of sp³-hybridized carbons (Fsp3) is 0. The first-order valence-electron chi connectivity index (χ1n) is 4.82. The number of primary amides is 1. The fourth-order valence-electron chi connectivity index (χ4n) is 1.50. The molecule has 1 heterocycles. The van der Waals surface area contributed by atoms with E-state index in [1.54, 1.807) is 30.3 Å². The van der Waals surface area contributed by atoms with Crippen molar-refractivity contribution in [3.8, 4) is 0 Å². The molecule has 0 saturated heterocycles. The second kappa shape index (κ2) is 4.09. The molecule has 1 aliphatic rings. The molecule has 0 unspecified atom stereocenters. The molecule has 0 spiro atoms. The van der Waals surface area contributed by atoms with Crippen molar-refractivity contribution in [2.75, 3.05) is 5.01 Å². The Bertz CT molecular complexity index is 492. The summed E-state index contributed by atoms with van der Waals surface area (Å²) in [4.78, 5) is 34.3. The molecule has 0 bridgehead atoms. The van der Waals surface area contributed by atoms with Crippen LogP contribution in [-0.2, 0) is 9.59 Å². The number of urea groups is 1. The Hall–Kier alpha value is -2.63. The predicted octanol–water partition coefficient (Wildman–Crippen LogP) is 0.412. The van der Waals surface area contributed by atoms with Crippen LogP contribution in [0.25, 0.3) is 0 Å². The molecule has 4 amide bonds. The highest BCUT2D eigenvalue weighted by Gasteiger charge is 2.33. The van der Waals surface area contributed by atoms with Gasteiger partial charge in [0.2, 0.25) is 0 Å². The molecule has 0 fully saturated rings. The van der Waals surface area contributed by atoms with Crippen LogP contribution in [0, 0.1) is 0 Å². The van der Waals surface area contributed by atoms with Crippen molar-refractivity contribution in [2.24, 2.45) is 5.73 Å². The lowest BCUT2D eigenvalue weighted by Gasteiger charge is -2.27. The number of para-hydroxylation sites is 1. The molecule has 1 aromatic carbocycles. The van der Waals surface area contributed by atoms with E-state index >= 15 is 0 Å². The summed E-state index contributed by atoms with van der Waals surface area (Å²) in [6, 6.07) is 7.33. The third-order valence-corrected chi connectivity index (χ3v) is 2.20. The molecular weight excluding hydrogens is 222 g/mol. The third kappa shape index (κ3) is 1.87. The number of benzene rings is 1. The number of anilines is 1. The van der Waals surface area contributed by atoms with Crippen LogP contribution in [0.4, 0.5) is 10.5 Å². The lowest BCUT2D eigenvalue weighted by Crippen LogP contribution is -2.52. The first kappa shape index (κ1) is 10.9. The lowest BCUT2D eigenvalue weighted by atomic mass is 10.3. The van der Waals surface area contributed by atoms with Gasteiger partial charge in [0.15, 0.2) is 0 Å². The van der Waals surface area contributed by atoms with Crippen LogP contribution in [0.5, 0.6) is 0 Å². The molecule has 0 atom stereocenters. The summed E-state index contributed by atoms with van der Waals surface area (Å²) in [5.41, 5.74) is 5.54. The summed E-state index contributed by atoms with van der Waals surface area (Å²) < 4.78 is 0. The quantitative estimate of drug-likeness (QED) is 0.748. The van der Waals surface area contributed by atoms with E-state index < -0.39 is 17.8 Å². The Morgan fingerprint density at radius 1 is 1.06 bits per heavy atom. The minimum absolute atomic E-state index is 0.352. The zero-order valence-electron chi connectivity index (χ0n) is 8.74. The molecule has 17 heavy (non-hydrogen) atoms. The number of carbonyl (C=O) groups is 3. The van der Waals surface area contributed by atoms with Gasteiger partial charge >= 0.3 is 6.03 Å². The highest BCUT2D eigenvalue weighted by atomic mass is 16.2. The summed E-state index contributed by atoms with van der Waals surface area (Å²) in [7, 11) is 0. The van der Waals surface area contributed by atoms with Crippen LogP contribution in [0.1, 0.15) is 0 Å². The second-order valence-corrected chi connectivity index (χ2v) is 3.31. The van der Waals surface area contributed by atoms with Gasteiger partial charge in [-0.2, -0.15) is 10.0 Å². The number of carbonyl (C=O) groups excluding carboxylic acids is 3. The van der Waals surface area contributed by atoms with Gasteiger partial charge < -0.3 is 5.73 Å². The maximum absolute atomic E-state index is 11.5. The second-order valence-electron chi connectivity index (χ2n) is 3.31. The van der Waals surface area contributed by atoms with Gasteiger partial charge in [-0.05, 0) is 12.1 Å². The van der Waals surface area contributed by atoms with E-state index in [0.717, 1.165) is 17.2 Å². The first-order chi connectivity index (χ1) is 8.11. The number of amides is 4. The first-order valence-corrected chi connectivity index (χ1v) is 4.82. The van der Waals surface area contributed by atoms with Gasteiger partial charge in [-0.25, -0.2) is 4.79 Å². The van der Waals surface area contributed by atoms with Crippen LogP contribution in [-0.4, -0.2) is 22.9 Å². The normalized spacial score (nSPS) is 14.2. The van der Waals surface area contributed by atoms with Crippen LogP contribution in [0.3, 0.4) is 0 Å². The number of imide groups is 1. The Balaban J connectivity index is 2.41. The molecule has 2 rings (SSSR count). The van der Waals surface area contributed by atoms with Crippen molar-refractivity contribution >= 4 is 23.5 Å². The molecule has 0 aliphatic carbocycles. The van der Waals surface area contributed by atoms with E-state index in [1.165, 1.54) is 0 Å². The largest absolute Gasteiger partial charge is 0.350 e. The van der Waals surface area contributed by atoms with Crippen LogP contribution in [0.15, 0.2) is 42.5 Å². The van der Waals surface area contributed by atoms with Gasteiger partial charge in [-0.1, -0.05) is 18.2 Å². The number of nitrogens with two attached hydrogens (primary N) is 1. The topological polar surface area (TPSA) is 83.7 Å². The van der Waals surface area contributed by atoms with Crippen LogP contribution < -0.4 is 10.7 Å². The number of hydrogen-bond donors (Lipinski definition) is 1. The van der Waals surface area contributed by atoms with Crippen molar-refractivity contribution in [3.05, 3.63) is 42.5 Å². The van der Waals surface area contributed by atoms with Crippen molar-refractivity contribution in [1.82, 2.24) is 5.01 Å². The van der Waals surface area contributed by atoms with Crippen molar-refractivity contribution in [1.29, 1.82) is 0 Å². The highest BCUT2D eigenvalue weighted by Crippen LogP contribution is 2.18. The maximum atomic E-state index is 11.5. The maximum Gasteiger partial charge on any atom is 0.338 e. The Labute approximate surface area is 96.9 Å². The third-order valence-electron chi connectivity index (χ3n) is 2.20. The summed E-state index contributed by atoms with van der Waals surface area (Å²) in [6.45, 7) is 0. The number of hydrazine groups is 1. The molecule has 86 valence electrons. The molecular formula is C11H9N3O3. The van der Waals surface area contributed by atoms with Gasteiger partial charge in [-0.15, -0.1) is 0 Å². The van der Waals surface area contributed by atoms with Gasteiger partial charge in [0.05, 0.1) is 5.69 Å². The SMILES string of the molecule is NC(=O)N(c1ccccc1)N1C(=O)C=CC1=O. The standard InChI is InChI=1S/C11H9N3O3/c12-11(17)13(8-4-2-1-3-5-8)14-9(15)6-7-10(14)16/h1-7H,(H2,12,17). The minimum Gasteiger partial charge on any atom is -0.350 e. The van der Waals surface area contributed by atoms with Gasteiger partial charge in [0.1, 0.15) is 0 Å². The number of rotatable bonds is 2. The molecule has 1 aliphatic heterocycles. The fourth-order valence-corrected chi connectivity index (χ4v) is 1.50. The minimum atomic E-state index is -0.901. The predicted molar refractivity (Wildman–Crippen MR) is 59.5 cm³/mol. The van der Waals surface area contributed by atoms with Crippen LogP contribution >= 0.6 is 0 Å². The molecule has 6 heteroatoms. The van der Waals surface area contributed by atoms with E-state index in [-0.39, 0.29) is 0 Å². The number of hydrogen-bond acceptors (Lipinski definition) is 3.